The maximum Gasteiger partial charge on any atom is 0.225 e. The summed E-state index contributed by atoms with van der Waals surface area (Å²) in [4.78, 5) is 9.23. The number of hydrogen-bond acceptors (Lipinski definition) is 5. The normalized spacial score (nSPS) is 14.9. The van der Waals surface area contributed by atoms with Crippen molar-refractivity contribution in [1.82, 2.24) is 20.2 Å². The number of aromatic nitrogens is 4. The molecule has 1 aliphatic rings. The molecule has 6 heteroatoms. The van der Waals surface area contributed by atoms with Crippen LogP contribution in [0.5, 0.6) is 0 Å². The highest BCUT2D eigenvalue weighted by Crippen LogP contribution is 2.40. The summed E-state index contributed by atoms with van der Waals surface area (Å²) >= 11 is 0. The Balaban J connectivity index is 1.51. The van der Waals surface area contributed by atoms with Crippen molar-refractivity contribution in [3.8, 4) is 11.3 Å². The van der Waals surface area contributed by atoms with E-state index in [0.717, 1.165) is 22.2 Å². The van der Waals surface area contributed by atoms with Crippen LogP contribution in [0.4, 0.5) is 11.8 Å². The van der Waals surface area contributed by atoms with E-state index < -0.39 is 0 Å². The smallest absolute Gasteiger partial charge is 0.225 e. The summed E-state index contributed by atoms with van der Waals surface area (Å²) < 4.78 is 0. The highest BCUT2D eigenvalue weighted by molar-refractivity contribution is 6.01. The van der Waals surface area contributed by atoms with Gasteiger partial charge in [0.15, 0.2) is 0 Å². The van der Waals surface area contributed by atoms with E-state index in [-0.39, 0.29) is 6.04 Å². The van der Waals surface area contributed by atoms with Crippen molar-refractivity contribution in [2.45, 2.75) is 31.7 Å². The second kappa shape index (κ2) is 6.64. The lowest BCUT2D eigenvalue weighted by Gasteiger charge is -2.15. The molecular formula is C22H22N6. The van der Waals surface area contributed by atoms with Gasteiger partial charge in [0.05, 0.1) is 22.6 Å². The summed E-state index contributed by atoms with van der Waals surface area (Å²) in [6, 6.07) is 18.4. The van der Waals surface area contributed by atoms with Crippen LogP contribution in [0.1, 0.15) is 43.0 Å². The minimum Gasteiger partial charge on any atom is -0.383 e. The zero-order chi connectivity index (χ0) is 19.1. The van der Waals surface area contributed by atoms with E-state index in [9.17, 15) is 0 Å². The van der Waals surface area contributed by atoms with E-state index in [0.29, 0.717) is 17.7 Å². The number of H-pyrrole nitrogens is 1. The van der Waals surface area contributed by atoms with Crippen LogP contribution in [0, 0.1) is 0 Å². The largest absolute Gasteiger partial charge is 0.383 e. The predicted octanol–water partition coefficient (Wildman–Crippen LogP) is 4.65. The molecule has 5 rings (SSSR count). The first-order chi connectivity index (χ1) is 13.7. The summed E-state index contributed by atoms with van der Waals surface area (Å²) in [6.07, 6.45) is 2.47. The van der Waals surface area contributed by atoms with Gasteiger partial charge in [-0.25, -0.2) is 4.98 Å². The van der Waals surface area contributed by atoms with Crippen molar-refractivity contribution >= 4 is 22.7 Å². The second-order valence-electron chi connectivity index (χ2n) is 7.39. The van der Waals surface area contributed by atoms with Gasteiger partial charge in [-0.2, -0.15) is 10.1 Å². The third-order valence-electron chi connectivity index (χ3n) is 5.29. The molecule has 2 heterocycles. The Morgan fingerprint density at radius 3 is 2.68 bits per heavy atom. The summed E-state index contributed by atoms with van der Waals surface area (Å²) in [5.74, 6) is 1.61. The van der Waals surface area contributed by atoms with Gasteiger partial charge in [0.2, 0.25) is 5.95 Å². The first-order valence-electron chi connectivity index (χ1n) is 9.62. The lowest BCUT2D eigenvalue weighted by atomic mass is 10.1. The molecule has 2 aromatic carbocycles. The van der Waals surface area contributed by atoms with Gasteiger partial charge < -0.3 is 11.1 Å². The quantitative estimate of drug-likeness (QED) is 0.475. The molecule has 0 saturated heterocycles. The Morgan fingerprint density at radius 1 is 1.07 bits per heavy atom. The second-order valence-corrected chi connectivity index (χ2v) is 7.39. The molecule has 0 unspecified atom stereocenters. The molecule has 1 fully saturated rings. The minimum absolute atomic E-state index is 0.0775. The van der Waals surface area contributed by atoms with Crippen LogP contribution in [-0.4, -0.2) is 20.2 Å². The lowest BCUT2D eigenvalue weighted by molar-refractivity contribution is 0.864. The van der Waals surface area contributed by atoms with Crippen LogP contribution in [0.15, 0.2) is 54.6 Å². The van der Waals surface area contributed by atoms with Crippen LogP contribution < -0.4 is 11.1 Å². The number of fused-ring (bicyclic) bond motifs is 1. The predicted molar refractivity (Wildman–Crippen MR) is 112 cm³/mol. The number of hydrogen-bond donors (Lipinski definition) is 3. The van der Waals surface area contributed by atoms with Crippen LogP contribution >= 0.6 is 0 Å². The fourth-order valence-corrected chi connectivity index (χ4v) is 3.59. The zero-order valence-electron chi connectivity index (χ0n) is 15.7. The zero-order valence-corrected chi connectivity index (χ0v) is 15.7. The molecule has 0 bridgehead atoms. The van der Waals surface area contributed by atoms with Gasteiger partial charge in [-0.1, -0.05) is 42.5 Å². The summed E-state index contributed by atoms with van der Waals surface area (Å²) in [5.41, 5.74) is 11.4. The summed E-state index contributed by atoms with van der Waals surface area (Å²) in [7, 11) is 0. The maximum atomic E-state index is 6.36. The Bertz CT molecular complexity index is 1130. The fourth-order valence-electron chi connectivity index (χ4n) is 3.59. The van der Waals surface area contributed by atoms with E-state index >= 15 is 0 Å². The van der Waals surface area contributed by atoms with Crippen molar-refractivity contribution in [2.75, 3.05) is 11.1 Å². The van der Waals surface area contributed by atoms with E-state index in [1.807, 2.05) is 36.4 Å². The van der Waals surface area contributed by atoms with Gasteiger partial charge in [0.1, 0.15) is 5.82 Å². The van der Waals surface area contributed by atoms with Crippen LogP contribution in [0.2, 0.25) is 0 Å². The summed E-state index contributed by atoms with van der Waals surface area (Å²) in [5, 5.41) is 11.9. The SMILES string of the molecule is C[C@H](Nc1nc(N)c2c(-c3cc(C4CC4)[nH]n3)cccc2n1)c1ccccc1. The maximum absolute atomic E-state index is 6.36. The molecule has 2 aromatic heterocycles. The first kappa shape index (κ1) is 16.7. The van der Waals surface area contributed by atoms with Gasteiger partial charge >= 0.3 is 0 Å². The highest BCUT2D eigenvalue weighted by atomic mass is 15.1. The van der Waals surface area contributed by atoms with Gasteiger partial charge in [-0.05, 0) is 37.5 Å². The van der Waals surface area contributed by atoms with Crippen molar-refractivity contribution in [2.24, 2.45) is 0 Å². The fraction of sp³-hybridized carbons (Fsp3) is 0.227. The van der Waals surface area contributed by atoms with Gasteiger partial charge in [0, 0.05) is 17.2 Å². The van der Waals surface area contributed by atoms with Crippen molar-refractivity contribution in [1.29, 1.82) is 0 Å². The molecule has 140 valence electrons. The van der Waals surface area contributed by atoms with Gasteiger partial charge in [-0.3, -0.25) is 5.10 Å². The molecule has 1 saturated carbocycles. The average Bonchev–Trinajstić information content (AvgIpc) is 3.45. The third kappa shape index (κ3) is 3.07. The van der Waals surface area contributed by atoms with Gasteiger partial charge in [0.25, 0.3) is 0 Å². The number of rotatable bonds is 5. The monoisotopic (exact) mass is 370 g/mol. The summed E-state index contributed by atoms with van der Waals surface area (Å²) in [6.45, 7) is 2.08. The molecule has 0 spiro atoms. The van der Waals surface area contributed by atoms with Crippen LogP contribution in [-0.2, 0) is 0 Å². The molecule has 4 aromatic rings. The van der Waals surface area contributed by atoms with Crippen LogP contribution in [0.3, 0.4) is 0 Å². The first-order valence-corrected chi connectivity index (χ1v) is 9.62. The number of nitrogen functional groups attached to an aromatic ring is 1. The molecule has 0 radical (unpaired) electrons. The molecule has 0 amide bonds. The number of nitrogens with one attached hydrogen (secondary N) is 2. The number of nitrogens with zero attached hydrogens (tertiary/aromatic N) is 3. The number of anilines is 2. The Morgan fingerprint density at radius 2 is 1.89 bits per heavy atom. The van der Waals surface area contributed by atoms with Crippen molar-refractivity contribution in [3.63, 3.8) is 0 Å². The van der Waals surface area contributed by atoms with E-state index in [4.69, 9.17) is 10.7 Å². The van der Waals surface area contributed by atoms with E-state index in [1.165, 1.54) is 24.1 Å². The number of aromatic amines is 1. The van der Waals surface area contributed by atoms with Crippen molar-refractivity contribution < 1.29 is 0 Å². The van der Waals surface area contributed by atoms with Gasteiger partial charge in [-0.15, -0.1) is 0 Å². The standard InChI is InChI=1S/C22H22N6/c1-13(14-6-3-2-4-7-14)24-22-25-17-9-5-8-16(20(17)21(23)26-22)19-12-18(27-28-19)15-10-11-15/h2-9,12-13,15H,10-11H2,1H3,(H,27,28)(H3,23,24,25,26)/t13-/m0/s1. The average molecular weight is 370 g/mol. The van der Waals surface area contributed by atoms with E-state index in [2.05, 4.69) is 45.6 Å². The molecule has 1 aliphatic carbocycles. The Hall–Kier alpha value is -3.41. The van der Waals surface area contributed by atoms with Crippen LogP contribution in [0.25, 0.3) is 22.2 Å². The molecule has 0 aliphatic heterocycles. The van der Waals surface area contributed by atoms with Crippen molar-refractivity contribution in [3.05, 3.63) is 65.9 Å². The Kier molecular flexibility index (Phi) is 3.97. The minimum atomic E-state index is 0.0775. The lowest BCUT2D eigenvalue weighted by Crippen LogP contribution is -2.10. The third-order valence-corrected chi connectivity index (χ3v) is 5.29. The number of benzene rings is 2. The molecule has 28 heavy (non-hydrogen) atoms. The molecule has 4 N–H and O–H groups in total. The molecular weight excluding hydrogens is 348 g/mol. The molecule has 6 nitrogen and oxygen atoms in total. The number of nitrogens with two attached hydrogens (primary N) is 1. The molecule has 1 atom stereocenters. The van der Waals surface area contributed by atoms with E-state index in [1.54, 1.807) is 0 Å². The highest BCUT2D eigenvalue weighted by Gasteiger charge is 2.26. The Labute approximate surface area is 163 Å². The topological polar surface area (TPSA) is 92.5 Å².